The van der Waals surface area contributed by atoms with Crippen LogP contribution in [-0.2, 0) is 0 Å². The average molecular weight is 373 g/mol. The summed E-state index contributed by atoms with van der Waals surface area (Å²) in [5.41, 5.74) is 5.71. The summed E-state index contributed by atoms with van der Waals surface area (Å²) in [5.74, 6) is 0.0709. The van der Waals surface area contributed by atoms with Gasteiger partial charge in [0.2, 0.25) is 0 Å². The number of rotatable bonds is 8. The highest BCUT2D eigenvalue weighted by Crippen LogP contribution is 2.29. The van der Waals surface area contributed by atoms with E-state index in [2.05, 4.69) is 12.7 Å². The first-order chi connectivity index (χ1) is 12.5. The molecule has 3 N–H and O–H groups in total. The molecule has 4 heteroatoms. The third-order valence-electron chi connectivity index (χ3n) is 4.17. The number of aliphatic hydroxyl groups is 2. The summed E-state index contributed by atoms with van der Waals surface area (Å²) < 4.78 is 0. The zero-order valence-electron chi connectivity index (χ0n) is 14.9. The van der Waals surface area contributed by atoms with Crippen molar-refractivity contribution in [3.05, 3.63) is 82.1 Å². The number of aromatic hydroxyl groups is 1. The molecule has 2 aromatic rings. The standard InChI is InChI=1S/C22H25ClO3/c1-2-7-16(14-22(26)17-9-4-3-5-10-17)8-6-11-21(25)19-13-12-18(24)15-20(19)23/h3-6,9-10,12-13,15,21-22,24-26H,2,7,11,14H2,1H3/t8?,21-,22-/m1/s1. The number of phenolic OH excluding ortho intramolecular Hbond substituents is 1. The van der Waals surface area contributed by atoms with Crippen LogP contribution in [0.15, 0.2) is 65.9 Å². The van der Waals surface area contributed by atoms with Crippen LogP contribution in [0.25, 0.3) is 0 Å². The van der Waals surface area contributed by atoms with Gasteiger partial charge in [-0.1, -0.05) is 61.3 Å². The highest BCUT2D eigenvalue weighted by Gasteiger charge is 2.11. The normalized spacial score (nSPS) is 12.9. The first kappa shape index (κ1) is 20.3. The molecule has 2 atom stereocenters. The molecule has 26 heavy (non-hydrogen) atoms. The maximum absolute atomic E-state index is 10.4. The van der Waals surface area contributed by atoms with E-state index in [4.69, 9.17) is 11.6 Å². The van der Waals surface area contributed by atoms with Gasteiger partial charge in [-0.05, 0) is 41.3 Å². The van der Waals surface area contributed by atoms with Crippen LogP contribution in [0.4, 0.5) is 0 Å². The second-order valence-corrected chi connectivity index (χ2v) is 6.70. The largest absolute Gasteiger partial charge is 0.508 e. The molecule has 0 aromatic heterocycles. The van der Waals surface area contributed by atoms with Crippen LogP contribution in [0.2, 0.25) is 5.02 Å². The molecular formula is C22H25ClO3. The van der Waals surface area contributed by atoms with Crippen molar-refractivity contribution < 1.29 is 15.3 Å². The van der Waals surface area contributed by atoms with E-state index in [-0.39, 0.29) is 5.75 Å². The minimum Gasteiger partial charge on any atom is -0.508 e. The summed E-state index contributed by atoms with van der Waals surface area (Å²) in [5, 5.41) is 30.4. The van der Waals surface area contributed by atoms with Gasteiger partial charge in [-0.25, -0.2) is 0 Å². The quantitative estimate of drug-likeness (QED) is 0.538. The molecule has 0 bridgehead atoms. The molecule has 0 aliphatic carbocycles. The molecule has 2 rings (SSSR count). The molecule has 0 aliphatic rings. The monoisotopic (exact) mass is 372 g/mol. The van der Waals surface area contributed by atoms with Crippen molar-refractivity contribution in [3.8, 4) is 5.75 Å². The molecule has 0 aliphatic heterocycles. The summed E-state index contributed by atoms with van der Waals surface area (Å²) in [7, 11) is 0. The lowest BCUT2D eigenvalue weighted by Crippen LogP contribution is -1.99. The maximum atomic E-state index is 10.4. The molecule has 0 spiro atoms. The second-order valence-electron chi connectivity index (χ2n) is 6.29. The van der Waals surface area contributed by atoms with Gasteiger partial charge in [0.05, 0.1) is 17.2 Å². The van der Waals surface area contributed by atoms with E-state index >= 15 is 0 Å². The van der Waals surface area contributed by atoms with Gasteiger partial charge in [0.1, 0.15) is 5.75 Å². The lowest BCUT2D eigenvalue weighted by molar-refractivity contribution is 0.177. The van der Waals surface area contributed by atoms with Gasteiger partial charge in [-0.2, -0.15) is 0 Å². The second kappa shape index (κ2) is 10.2. The molecule has 0 unspecified atom stereocenters. The van der Waals surface area contributed by atoms with Gasteiger partial charge >= 0.3 is 0 Å². The molecule has 2 aromatic carbocycles. The minimum atomic E-state index is -0.766. The lowest BCUT2D eigenvalue weighted by Gasteiger charge is -2.12. The zero-order valence-corrected chi connectivity index (χ0v) is 15.7. The Labute approximate surface area is 159 Å². The number of halogens is 1. The molecule has 0 radical (unpaired) electrons. The SMILES string of the molecule is CCCC(=C=CC[C@@H](O)c1ccc(O)cc1Cl)C[C@@H](O)c1ccccc1. The lowest BCUT2D eigenvalue weighted by atomic mass is 9.99. The number of hydrogen-bond donors (Lipinski definition) is 3. The number of aliphatic hydroxyl groups excluding tert-OH is 2. The van der Waals surface area contributed by atoms with Crippen molar-refractivity contribution in [2.75, 3.05) is 0 Å². The highest BCUT2D eigenvalue weighted by molar-refractivity contribution is 6.31. The van der Waals surface area contributed by atoms with Gasteiger partial charge < -0.3 is 15.3 Å². The number of phenols is 1. The Balaban J connectivity index is 2.06. The van der Waals surface area contributed by atoms with E-state index in [1.54, 1.807) is 12.1 Å². The summed E-state index contributed by atoms with van der Waals surface area (Å²) in [6, 6.07) is 14.1. The smallest absolute Gasteiger partial charge is 0.117 e. The molecule has 3 nitrogen and oxygen atoms in total. The Morgan fingerprint density at radius 2 is 1.85 bits per heavy atom. The molecule has 0 amide bonds. The van der Waals surface area contributed by atoms with Crippen LogP contribution in [0.3, 0.4) is 0 Å². The molecule has 138 valence electrons. The van der Waals surface area contributed by atoms with Crippen LogP contribution >= 0.6 is 11.6 Å². The van der Waals surface area contributed by atoms with E-state index in [1.807, 2.05) is 30.3 Å². The van der Waals surface area contributed by atoms with Crippen LogP contribution in [0.5, 0.6) is 5.75 Å². The van der Waals surface area contributed by atoms with Crippen molar-refractivity contribution in [2.45, 2.75) is 44.8 Å². The molecule has 0 fully saturated rings. The van der Waals surface area contributed by atoms with Crippen molar-refractivity contribution in [1.82, 2.24) is 0 Å². The third-order valence-corrected chi connectivity index (χ3v) is 4.49. The van der Waals surface area contributed by atoms with Crippen molar-refractivity contribution in [1.29, 1.82) is 0 Å². The van der Waals surface area contributed by atoms with E-state index in [9.17, 15) is 15.3 Å². The van der Waals surface area contributed by atoms with Crippen LogP contribution in [-0.4, -0.2) is 15.3 Å². The van der Waals surface area contributed by atoms with Gasteiger partial charge in [0.15, 0.2) is 0 Å². The Kier molecular flexibility index (Phi) is 7.96. The van der Waals surface area contributed by atoms with Crippen LogP contribution in [0.1, 0.15) is 55.9 Å². The van der Waals surface area contributed by atoms with Gasteiger partial charge in [-0.3, -0.25) is 0 Å². The van der Waals surface area contributed by atoms with E-state index in [0.29, 0.717) is 23.4 Å². The highest BCUT2D eigenvalue weighted by atomic mass is 35.5. The Morgan fingerprint density at radius 3 is 2.50 bits per heavy atom. The molecule has 0 saturated carbocycles. The van der Waals surface area contributed by atoms with Gasteiger partial charge in [-0.15, -0.1) is 5.73 Å². The Morgan fingerprint density at radius 1 is 1.12 bits per heavy atom. The van der Waals surface area contributed by atoms with Crippen molar-refractivity contribution in [2.24, 2.45) is 0 Å². The van der Waals surface area contributed by atoms with E-state index < -0.39 is 12.2 Å². The third kappa shape index (κ3) is 6.05. The number of benzene rings is 2. The topological polar surface area (TPSA) is 60.7 Å². The Bertz CT molecular complexity index is 764. The summed E-state index contributed by atoms with van der Waals surface area (Å²) >= 11 is 6.06. The fourth-order valence-electron chi connectivity index (χ4n) is 2.79. The van der Waals surface area contributed by atoms with Crippen molar-refractivity contribution >= 4 is 11.6 Å². The predicted molar refractivity (Wildman–Crippen MR) is 105 cm³/mol. The summed E-state index contributed by atoms with van der Waals surface area (Å²) in [6.07, 6.45) is 3.15. The molecular weight excluding hydrogens is 348 g/mol. The van der Waals surface area contributed by atoms with E-state index in [1.165, 1.54) is 12.1 Å². The zero-order chi connectivity index (χ0) is 18.9. The average Bonchev–Trinajstić information content (AvgIpc) is 2.62. The summed E-state index contributed by atoms with van der Waals surface area (Å²) in [6.45, 7) is 2.08. The Hall–Kier alpha value is -2.03. The molecule has 0 saturated heterocycles. The first-order valence-electron chi connectivity index (χ1n) is 8.83. The fourth-order valence-corrected chi connectivity index (χ4v) is 3.09. The van der Waals surface area contributed by atoms with Crippen LogP contribution < -0.4 is 0 Å². The summed E-state index contributed by atoms with van der Waals surface area (Å²) in [4.78, 5) is 0. The maximum Gasteiger partial charge on any atom is 0.117 e. The number of hydrogen-bond acceptors (Lipinski definition) is 3. The molecule has 0 heterocycles. The predicted octanol–water partition coefficient (Wildman–Crippen LogP) is 5.47. The first-order valence-corrected chi connectivity index (χ1v) is 9.21. The van der Waals surface area contributed by atoms with E-state index in [0.717, 1.165) is 24.0 Å². The minimum absolute atomic E-state index is 0.0709. The van der Waals surface area contributed by atoms with Gasteiger partial charge in [0, 0.05) is 12.8 Å². The van der Waals surface area contributed by atoms with Gasteiger partial charge in [0.25, 0.3) is 0 Å². The van der Waals surface area contributed by atoms with Crippen molar-refractivity contribution in [3.63, 3.8) is 0 Å². The fraction of sp³-hybridized carbons (Fsp3) is 0.318. The van der Waals surface area contributed by atoms with Crippen LogP contribution in [0, 0.1) is 0 Å².